The maximum absolute atomic E-state index is 8.23. The summed E-state index contributed by atoms with van der Waals surface area (Å²) in [6.45, 7) is 0. The molecule has 2 N–H and O–H groups in total. The lowest BCUT2D eigenvalue weighted by Gasteiger charge is -2.05. The maximum atomic E-state index is 8.23. The van der Waals surface area contributed by atoms with Gasteiger partial charge in [-0.1, -0.05) is 95.0 Å². The molecule has 0 spiro atoms. The summed E-state index contributed by atoms with van der Waals surface area (Å²) in [5.41, 5.74) is 6.60. The van der Waals surface area contributed by atoms with Crippen molar-refractivity contribution in [1.82, 2.24) is 0 Å². The molecule has 0 atom stereocenters. The molecule has 6 nitrogen and oxygen atoms in total. The van der Waals surface area contributed by atoms with Gasteiger partial charge in [-0.05, 0) is 57.6 Å². The number of rotatable bonds is 10. The van der Waals surface area contributed by atoms with E-state index in [0.717, 1.165) is 67.3 Å². The molecule has 0 radical (unpaired) electrons. The highest BCUT2D eigenvalue weighted by Gasteiger charge is 2.02. The normalized spacial score (nSPS) is 11.2. The van der Waals surface area contributed by atoms with Gasteiger partial charge in [-0.25, -0.2) is 10.5 Å². The van der Waals surface area contributed by atoms with E-state index in [0.29, 0.717) is 0 Å². The van der Waals surface area contributed by atoms with Gasteiger partial charge in [0.05, 0.1) is 24.1 Å². The molecule has 0 heterocycles. The van der Waals surface area contributed by atoms with Gasteiger partial charge in [-0.3, -0.25) is 0 Å². The van der Waals surface area contributed by atoms with Crippen LogP contribution in [-0.2, 0) is 18.7 Å². The lowest BCUT2D eigenvalue weighted by atomic mass is 10.0. The molecule has 0 aromatic heterocycles. The minimum Gasteiger partial charge on any atom is -0.220 e. The molecule has 4 aromatic carbocycles. The van der Waals surface area contributed by atoms with Gasteiger partial charge in [-0.15, -0.1) is 8.67 Å². The van der Waals surface area contributed by atoms with Crippen LogP contribution >= 0.6 is 24.1 Å². The summed E-state index contributed by atoms with van der Waals surface area (Å²) >= 11 is 1.87. The van der Waals surface area contributed by atoms with E-state index in [1.165, 1.54) is 0 Å². The van der Waals surface area contributed by atoms with Crippen molar-refractivity contribution in [1.29, 1.82) is 0 Å². The van der Waals surface area contributed by atoms with E-state index >= 15 is 0 Å². The van der Waals surface area contributed by atoms with Crippen LogP contribution < -0.4 is 0 Å². The number of hydrogen-bond donors (Lipinski definition) is 2. The van der Waals surface area contributed by atoms with Crippen molar-refractivity contribution in [2.45, 2.75) is 9.79 Å². The third-order valence-electron chi connectivity index (χ3n) is 4.99. The fourth-order valence-corrected chi connectivity index (χ4v) is 3.99. The van der Waals surface area contributed by atoms with E-state index in [2.05, 4.69) is 79.4 Å². The summed E-state index contributed by atoms with van der Waals surface area (Å²) < 4.78 is 8.88. The summed E-state index contributed by atoms with van der Waals surface area (Å²) in [7, 11) is 0. The standard InChI is InChI=1S/C26H20O6S2/c27-29-31-33-25-15-11-23(12-16-25)21-7-3-19(4-8-21)1-2-20-5-9-22(10-6-20)24-13-17-26(18-14-24)34-32-30-28/h1-18,27-28H. The fourth-order valence-electron chi connectivity index (χ4n) is 3.28. The third kappa shape index (κ3) is 6.80. The summed E-state index contributed by atoms with van der Waals surface area (Å²) in [4.78, 5) is 1.64. The topological polar surface area (TPSA) is 77.4 Å². The molecule has 34 heavy (non-hydrogen) atoms. The predicted octanol–water partition coefficient (Wildman–Crippen LogP) is 8.05. The molecule has 0 fully saturated rings. The van der Waals surface area contributed by atoms with Gasteiger partial charge < -0.3 is 0 Å². The highest BCUT2D eigenvalue weighted by atomic mass is 32.2. The van der Waals surface area contributed by atoms with Gasteiger partial charge >= 0.3 is 0 Å². The van der Waals surface area contributed by atoms with Crippen molar-refractivity contribution in [2.24, 2.45) is 0 Å². The monoisotopic (exact) mass is 492 g/mol. The molecular weight excluding hydrogens is 472 g/mol. The second-order valence-electron chi connectivity index (χ2n) is 7.08. The van der Waals surface area contributed by atoms with Crippen molar-refractivity contribution in [3.8, 4) is 22.3 Å². The first-order chi connectivity index (χ1) is 16.7. The predicted molar refractivity (Wildman–Crippen MR) is 134 cm³/mol. The maximum Gasteiger partial charge on any atom is 0.0714 e. The molecule has 0 saturated carbocycles. The molecule has 0 saturated heterocycles. The Bertz CT molecular complexity index is 1100. The summed E-state index contributed by atoms with van der Waals surface area (Å²) in [5, 5.41) is 23.7. The summed E-state index contributed by atoms with van der Waals surface area (Å²) in [6, 6.07) is 32.2. The first kappa shape index (κ1) is 24.2. The number of hydrogen-bond acceptors (Lipinski definition) is 8. The molecule has 0 unspecified atom stereocenters. The first-order valence-corrected chi connectivity index (χ1v) is 11.6. The van der Waals surface area contributed by atoms with E-state index in [-0.39, 0.29) is 0 Å². The van der Waals surface area contributed by atoms with Crippen molar-refractivity contribution in [2.75, 3.05) is 0 Å². The molecule has 0 bridgehead atoms. The highest BCUT2D eigenvalue weighted by molar-refractivity contribution is 7.94. The SMILES string of the molecule is OOOSc1ccc(-c2ccc(C=Cc3ccc(-c4ccc(SOOO)cc4)cc3)cc2)cc1. The van der Waals surface area contributed by atoms with Gasteiger partial charge in [0.1, 0.15) is 0 Å². The quantitative estimate of drug-likeness (QED) is 0.0996. The van der Waals surface area contributed by atoms with E-state index in [4.69, 9.17) is 10.5 Å². The number of benzene rings is 4. The van der Waals surface area contributed by atoms with Crippen molar-refractivity contribution in [3.63, 3.8) is 0 Å². The van der Waals surface area contributed by atoms with Crippen LogP contribution in [0.3, 0.4) is 0 Å². The van der Waals surface area contributed by atoms with Gasteiger partial charge in [0, 0.05) is 9.79 Å². The molecule has 8 heteroatoms. The average molecular weight is 493 g/mol. The lowest BCUT2D eigenvalue weighted by Crippen LogP contribution is -1.82. The van der Waals surface area contributed by atoms with Gasteiger partial charge in [0.2, 0.25) is 0 Å². The summed E-state index contributed by atoms with van der Waals surface area (Å²) in [5.74, 6) is 0. The Balaban J connectivity index is 1.37. The molecule has 0 aliphatic heterocycles. The minimum atomic E-state index is 0.821. The van der Waals surface area contributed by atoms with Crippen LogP contribution in [-0.4, -0.2) is 10.5 Å². The Morgan fingerprint density at radius 3 is 1.03 bits per heavy atom. The van der Waals surface area contributed by atoms with Crippen molar-refractivity contribution >= 4 is 36.2 Å². The van der Waals surface area contributed by atoms with Crippen molar-refractivity contribution in [3.05, 3.63) is 108 Å². The smallest absolute Gasteiger partial charge is 0.0714 e. The zero-order valence-electron chi connectivity index (χ0n) is 17.7. The van der Waals surface area contributed by atoms with Crippen molar-refractivity contribution < 1.29 is 29.3 Å². The first-order valence-electron chi connectivity index (χ1n) is 10.1. The van der Waals surface area contributed by atoms with Crippen LogP contribution in [0.4, 0.5) is 0 Å². The molecule has 4 aromatic rings. The van der Waals surface area contributed by atoms with Gasteiger partial charge in [0.25, 0.3) is 0 Å². The molecular formula is C26H20O6S2. The Morgan fingerprint density at radius 1 is 0.441 bits per heavy atom. The van der Waals surface area contributed by atoms with E-state index in [1.54, 1.807) is 0 Å². The van der Waals surface area contributed by atoms with E-state index in [1.807, 2.05) is 48.5 Å². The molecule has 0 amide bonds. The Kier molecular flexibility index (Phi) is 8.91. The van der Waals surface area contributed by atoms with Crippen LogP contribution in [0.5, 0.6) is 0 Å². The van der Waals surface area contributed by atoms with Gasteiger partial charge in [-0.2, -0.15) is 0 Å². The second-order valence-corrected chi connectivity index (χ2v) is 8.63. The van der Waals surface area contributed by atoms with E-state index < -0.39 is 0 Å². The van der Waals surface area contributed by atoms with Gasteiger partial charge in [0.15, 0.2) is 0 Å². The Morgan fingerprint density at radius 2 is 0.735 bits per heavy atom. The Hall–Kier alpha value is -2.92. The zero-order chi connectivity index (χ0) is 23.6. The third-order valence-corrected chi connectivity index (χ3v) is 6.17. The fraction of sp³-hybridized carbons (Fsp3) is 0. The largest absolute Gasteiger partial charge is 0.220 e. The molecule has 4 rings (SSSR count). The van der Waals surface area contributed by atoms with Crippen LogP contribution in [0, 0.1) is 0 Å². The summed E-state index contributed by atoms with van der Waals surface area (Å²) in [6.07, 6.45) is 4.17. The zero-order valence-corrected chi connectivity index (χ0v) is 19.4. The minimum absolute atomic E-state index is 0.821. The average Bonchev–Trinajstić information content (AvgIpc) is 2.91. The molecule has 172 valence electrons. The molecule has 0 aliphatic carbocycles. The van der Waals surface area contributed by atoms with Crippen LogP contribution in [0.2, 0.25) is 0 Å². The van der Waals surface area contributed by atoms with Crippen LogP contribution in [0.25, 0.3) is 34.4 Å². The highest BCUT2D eigenvalue weighted by Crippen LogP contribution is 2.27. The second kappa shape index (κ2) is 12.5. The van der Waals surface area contributed by atoms with Crippen LogP contribution in [0.15, 0.2) is 107 Å². The lowest BCUT2D eigenvalue weighted by molar-refractivity contribution is -0.432. The van der Waals surface area contributed by atoms with Crippen LogP contribution in [0.1, 0.15) is 11.1 Å². The Labute approximate surface area is 205 Å². The molecule has 0 aliphatic rings. The van der Waals surface area contributed by atoms with E-state index in [9.17, 15) is 0 Å².